The average Bonchev–Trinajstić information content (AvgIpc) is 2.88. The van der Waals surface area contributed by atoms with Crippen molar-refractivity contribution in [2.24, 2.45) is 0 Å². The highest BCUT2D eigenvalue weighted by Gasteiger charge is 2.32. The second-order valence-corrected chi connectivity index (χ2v) is 8.73. The summed E-state index contributed by atoms with van der Waals surface area (Å²) in [6.45, 7) is 1.45. The van der Waals surface area contributed by atoms with Crippen LogP contribution in [-0.4, -0.2) is 54.9 Å². The van der Waals surface area contributed by atoms with Crippen molar-refractivity contribution in [1.29, 1.82) is 0 Å². The Labute approximate surface area is 205 Å². The number of β-amino-alcohol motifs (C(OH)–C–C–N with tert-alkyl or cyclic N) is 1. The fraction of sp³-hybridized carbons (Fsp3) is 0.321. The van der Waals surface area contributed by atoms with Gasteiger partial charge in [-0.3, -0.25) is 9.69 Å². The highest BCUT2D eigenvalue weighted by atomic mass is 19.1. The molecule has 35 heavy (non-hydrogen) atoms. The van der Waals surface area contributed by atoms with Crippen LogP contribution in [0.4, 0.5) is 4.39 Å². The van der Waals surface area contributed by atoms with E-state index in [1.165, 1.54) is 12.1 Å². The second kappa shape index (κ2) is 11.8. The van der Waals surface area contributed by atoms with Gasteiger partial charge in [0, 0.05) is 19.6 Å². The van der Waals surface area contributed by atoms with Crippen molar-refractivity contribution >= 4 is 5.91 Å². The number of hydrogen-bond donors (Lipinski definition) is 2. The third-order valence-corrected chi connectivity index (χ3v) is 6.22. The van der Waals surface area contributed by atoms with E-state index in [0.717, 1.165) is 22.4 Å². The minimum atomic E-state index is -0.767. The molecule has 6 nitrogen and oxygen atoms in total. The lowest BCUT2D eigenvalue weighted by Crippen LogP contribution is -2.53. The maximum absolute atomic E-state index is 13.1. The predicted octanol–water partition coefficient (Wildman–Crippen LogP) is 3.36. The maximum atomic E-state index is 13.1. The molecular weight excluding hydrogens is 447 g/mol. The summed E-state index contributed by atoms with van der Waals surface area (Å²) in [6.07, 6.45) is 0.426. The Morgan fingerprint density at radius 2 is 1.74 bits per heavy atom. The number of rotatable bonds is 10. The molecule has 3 aromatic rings. The Balaban J connectivity index is 1.36. The molecule has 1 amide bonds. The van der Waals surface area contributed by atoms with Gasteiger partial charge in [-0.1, -0.05) is 36.4 Å². The van der Waals surface area contributed by atoms with Crippen molar-refractivity contribution < 1.29 is 23.8 Å². The Hall–Kier alpha value is -3.42. The lowest BCUT2D eigenvalue weighted by molar-refractivity contribution is -0.127. The van der Waals surface area contributed by atoms with Gasteiger partial charge in [0.1, 0.15) is 30.0 Å². The van der Waals surface area contributed by atoms with Crippen molar-refractivity contribution in [2.45, 2.75) is 31.5 Å². The summed E-state index contributed by atoms with van der Waals surface area (Å²) in [4.78, 5) is 15.2. The zero-order chi connectivity index (χ0) is 24.6. The first kappa shape index (κ1) is 24.7. The van der Waals surface area contributed by atoms with Crippen LogP contribution in [-0.2, 0) is 24.2 Å². The molecule has 0 bridgehead atoms. The molecule has 184 valence electrons. The number of amides is 1. The van der Waals surface area contributed by atoms with Crippen molar-refractivity contribution in [3.8, 4) is 11.5 Å². The smallest absolute Gasteiger partial charge is 0.237 e. The number of benzene rings is 3. The van der Waals surface area contributed by atoms with E-state index in [4.69, 9.17) is 9.47 Å². The standard InChI is InChI=1S/C28H31FN2O4/c1-34-25-10-12-26(13-11-25)35-19-24(32)18-31-17-22-5-3-2-4-21(22)16-27(31)28(33)30-15-14-20-6-8-23(29)9-7-20/h2-13,24,27,32H,14-19H2,1H3,(H,30,33). The summed E-state index contributed by atoms with van der Waals surface area (Å²) < 4.78 is 24.0. The molecular formula is C28H31FN2O4. The van der Waals surface area contributed by atoms with E-state index in [9.17, 15) is 14.3 Å². The van der Waals surface area contributed by atoms with Gasteiger partial charge >= 0.3 is 0 Å². The first-order chi connectivity index (χ1) is 17.0. The Morgan fingerprint density at radius 3 is 2.46 bits per heavy atom. The van der Waals surface area contributed by atoms with Crippen LogP contribution in [0.3, 0.4) is 0 Å². The highest BCUT2D eigenvalue weighted by molar-refractivity contribution is 5.82. The second-order valence-electron chi connectivity index (χ2n) is 8.73. The van der Waals surface area contributed by atoms with Crippen LogP contribution in [0.1, 0.15) is 16.7 Å². The van der Waals surface area contributed by atoms with E-state index >= 15 is 0 Å². The molecule has 4 rings (SSSR count). The molecule has 3 aromatic carbocycles. The lowest BCUT2D eigenvalue weighted by Gasteiger charge is -2.37. The molecule has 0 fully saturated rings. The highest BCUT2D eigenvalue weighted by Crippen LogP contribution is 2.24. The summed E-state index contributed by atoms with van der Waals surface area (Å²) in [5, 5.41) is 13.7. The normalized spacial score (nSPS) is 16.3. The molecule has 7 heteroatoms. The number of aliphatic hydroxyl groups is 1. The molecule has 1 aliphatic rings. The zero-order valence-corrected chi connectivity index (χ0v) is 19.8. The fourth-order valence-electron chi connectivity index (χ4n) is 4.31. The number of aliphatic hydroxyl groups excluding tert-OH is 1. The number of ether oxygens (including phenoxy) is 2. The number of halogens is 1. The summed E-state index contributed by atoms with van der Waals surface area (Å²) in [6, 6.07) is 21.2. The zero-order valence-electron chi connectivity index (χ0n) is 19.8. The number of hydrogen-bond acceptors (Lipinski definition) is 5. The Kier molecular flexibility index (Phi) is 8.34. The van der Waals surface area contributed by atoms with Gasteiger partial charge in [-0.25, -0.2) is 4.39 Å². The van der Waals surface area contributed by atoms with Crippen LogP contribution in [0.25, 0.3) is 0 Å². The van der Waals surface area contributed by atoms with Crippen LogP contribution < -0.4 is 14.8 Å². The Morgan fingerprint density at radius 1 is 1.06 bits per heavy atom. The van der Waals surface area contributed by atoms with Gasteiger partial charge in [0.2, 0.25) is 5.91 Å². The fourth-order valence-corrected chi connectivity index (χ4v) is 4.31. The molecule has 2 atom stereocenters. The minimum absolute atomic E-state index is 0.0788. The monoisotopic (exact) mass is 478 g/mol. The number of nitrogens with one attached hydrogen (secondary N) is 1. The summed E-state index contributed by atoms with van der Waals surface area (Å²) >= 11 is 0. The van der Waals surface area contributed by atoms with Gasteiger partial charge in [-0.2, -0.15) is 0 Å². The van der Waals surface area contributed by atoms with E-state index in [-0.39, 0.29) is 18.3 Å². The van der Waals surface area contributed by atoms with Crippen molar-refractivity contribution in [3.05, 3.63) is 95.3 Å². The van der Waals surface area contributed by atoms with Crippen LogP contribution in [0.15, 0.2) is 72.8 Å². The molecule has 2 unspecified atom stereocenters. The third kappa shape index (κ3) is 6.81. The molecule has 0 radical (unpaired) electrons. The summed E-state index contributed by atoms with van der Waals surface area (Å²) in [5.74, 6) is 1.02. The number of carbonyl (C=O) groups excluding carboxylic acids is 1. The molecule has 0 saturated heterocycles. The Bertz CT molecular complexity index is 1100. The topological polar surface area (TPSA) is 71.0 Å². The van der Waals surface area contributed by atoms with Gasteiger partial charge in [0.05, 0.1) is 13.2 Å². The number of nitrogens with zero attached hydrogens (tertiary/aromatic N) is 1. The first-order valence-electron chi connectivity index (χ1n) is 11.8. The van der Waals surface area contributed by atoms with Gasteiger partial charge in [0.25, 0.3) is 0 Å². The van der Waals surface area contributed by atoms with E-state index in [2.05, 4.69) is 17.4 Å². The van der Waals surface area contributed by atoms with E-state index < -0.39 is 12.1 Å². The quantitative estimate of drug-likeness (QED) is 0.468. The SMILES string of the molecule is COc1ccc(OCC(O)CN2Cc3ccccc3CC2C(=O)NCCc2ccc(F)cc2)cc1. The molecule has 2 N–H and O–H groups in total. The van der Waals surface area contributed by atoms with E-state index in [1.54, 1.807) is 43.5 Å². The number of fused-ring (bicyclic) bond motifs is 1. The van der Waals surface area contributed by atoms with Crippen molar-refractivity contribution in [2.75, 3.05) is 26.8 Å². The first-order valence-corrected chi connectivity index (χ1v) is 11.8. The molecule has 0 saturated carbocycles. The third-order valence-electron chi connectivity index (χ3n) is 6.22. The maximum Gasteiger partial charge on any atom is 0.237 e. The summed E-state index contributed by atoms with van der Waals surface area (Å²) in [5.41, 5.74) is 3.26. The van der Waals surface area contributed by atoms with E-state index in [1.807, 2.05) is 17.0 Å². The van der Waals surface area contributed by atoms with Crippen molar-refractivity contribution in [3.63, 3.8) is 0 Å². The molecule has 0 aliphatic carbocycles. The van der Waals surface area contributed by atoms with Gasteiger partial charge in [-0.05, 0) is 65.9 Å². The van der Waals surface area contributed by atoms with Crippen LogP contribution in [0.5, 0.6) is 11.5 Å². The van der Waals surface area contributed by atoms with Crippen LogP contribution in [0, 0.1) is 5.82 Å². The molecule has 0 aromatic heterocycles. The minimum Gasteiger partial charge on any atom is -0.497 e. The largest absolute Gasteiger partial charge is 0.497 e. The lowest BCUT2D eigenvalue weighted by atomic mass is 9.93. The summed E-state index contributed by atoms with van der Waals surface area (Å²) in [7, 11) is 1.60. The van der Waals surface area contributed by atoms with Gasteiger partial charge in [-0.15, -0.1) is 0 Å². The average molecular weight is 479 g/mol. The molecule has 1 aliphatic heterocycles. The van der Waals surface area contributed by atoms with Gasteiger partial charge in [0.15, 0.2) is 0 Å². The predicted molar refractivity (Wildman–Crippen MR) is 132 cm³/mol. The number of carbonyl (C=O) groups is 1. The van der Waals surface area contributed by atoms with Crippen LogP contribution in [0.2, 0.25) is 0 Å². The van der Waals surface area contributed by atoms with E-state index in [0.29, 0.717) is 38.2 Å². The van der Waals surface area contributed by atoms with Crippen LogP contribution >= 0.6 is 0 Å². The molecule has 1 heterocycles. The van der Waals surface area contributed by atoms with Gasteiger partial charge < -0.3 is 19.9 Å². The molecule has 0 spiro atoms. The number of methoxy groups -OCH3 is 1. The van der Waals surface area contributed by atoms with Crippen molar-refractivity contribution in [1.82, 2.24) is 10.2 Å².